The van der Waals surface area contributed by atoms with E-state index < -0.39 is 11.0 Å². The summed E-state index contributed by atoms with van der Waals surface area (Å²) in [6.07, 6.45) is 0. The van der Waals surface area contributed by atoms with E-state index in [4.69, 9.17) is 0 Å². The molecular formula is C16H15N5O3. The van der Waals surface area contributed by atoms with E-state index in [0.29, 0.717) is 11.5 Å². The van der Waals surface area contributed by atoms with Crippen molar-refractivity contribution in [2.75, 3.05) is 21.3 Å². The van der Waals surface area contributed by atoms with Gasteiger partial charge in [-0.2, -0.15) is 0 Å². The molecule has 0 bridgehead atoms. The zero-order valence-electron chi connectivity index (χ0n) is 12.8. The fourth-order valence-corrected chi connectivity index (χ4v) is 2.38. The molecule has 0 atom stereocenters. The molecule has 0 fully saturated rings. The van der Waals surface area contributed by atoms with Crippen LogP contribution in [-0.4, -0.2) is 11.0 Å². The van der Waals surface area contributed by atoms with Crippen molar-refractivity contribution < 1.29 is 9.72 Å². The van der Waals surface area contributed by atoms with Gasteiger partial charge in [-0.25, -0.2) is 4.79 Å². The number of nitro groups is 1. The van der Waals surface area contributed by atoms with E-state index >= 15 is 0 Å². The molecule has 24 heavy (non-hydrogen) atoms. The number of aryl methyl sites for hydroxylation is 1. The van der Waals surface area contributed by atoms with Crippen LogP contribution in [0.1, 0.15) is 5.56 Å². The first kappa shape index (κ1) is 15.3. The number of carbonyl (C=O) groups excluding carboxylic acids is 1. The highest BCUT2D eigenvalue weighted by molar-refractivity contribution is 6.02. The molecule has 0 aliphatic carbocycles. The van der Waals surface area contributed by atoms with Gasteiger partial charge in [0.05, 0.1) is 16.3 Å². The Hall–Kier alpha value is -3.55. The minimum atomic E-state index is -0.562. The van der Waals surface area contributed by atoms with Gasteiger partial charge in [-0.05, 0) is 36.8 Å². The third kappa shape index (κ3) is 3.12. The first-order valence-electron chi connectivity index (χ1n) is 7.12. The fraction of sp³-hybridized carbons (Fsp3) is 0.0625. The maximum Gasteiger partial charge on any atom is 0.323 e. The summed E-state index contributed by atoms with van der Waals surface area (Å²) < 4.78 is 0. The van der Waals surface area contributed by atoms with Gasteiger partial charge in [0.25, 0.3) is 5.69 Å². The average molecular weight is 325 g/mol. The summed E-state index contributed by atoms with van der Waals surface area (Å²) in [7, 11) is 0. The van der Waals surface area contributed by atoms with Crippen LogP contribution in [0.25, 0.3) is 0 Å². The lowest BCUT2D eigenvalue weighted by atomic mass is 10.2. The summed E-state index contributed by atoms with van der Waals surface area (Å²) in [4.78, 5) is 22.6. The molecule has 1 aliphatic heterocycles. The number of nitrogens with one attached hydrogen (secondary N) is 4. The van der Waals surface area contributed by atoms with E-state index in [-0.39, 0.29) is 11.4 Å². The van der Waals surface area contributed by atoms with Gasteiger partial charge in [0.15, 0.2) is 0 Å². The lowest BCUT2D eigenvalue weighted by Crippen LogP contribution is -2.20. The molecule has 0 saturated heterocycles. The van der Waals surface area contributed by atoms with Crippen molar-refractivity contribution >= 4 is 34.5 Å². The van der Waals surface area contributed by atoms with Gasteiger partial charge >= 0.3 is 6.03 Å². The summed E-state index contributed by atoms with van der Waals surface area (Å²) in [6, 6.07) is 9.23. The second-order valence-corrected chi connectivity index (χ2v) is 5.35. The van der Waals surface area contributed by atoms with Crippen LogP contribution in [0.2, 0.25) is 0 Å². The highest BCUT2D eigenvalue weighted by Gasteiger charge is 2.17. The van der Waals surface area contributed by atoms with E-state index in [2.05, 4.69) is 27.8 Å². The van der Waals surface area contributed by atoms with Crippen LogP contribution in [0.5, 0.6) is 0 Å². The Morgan fingerprint density at radius 3 is 2.62 bits per heavy atom. The normalized spacial score (nSPS) is 12.0. The molecule has 0 aromatic heterocycles. The number of fused-ring (bicyclic) bond motifs is 1. The van der Waals surface area contributed by atoms with Crippen molar-refractivity contribution in [3.63, 3.8) is 0 Å². The van der Waals surface area contributed by atoms with Gasteiger partial charge in [0.2, 0.25) is 0 Å². The molecule has 1 aliphatic rings. The first-order chi connectivity index (χ1) is 11.4. The molecule has 8 heteroatoms. The topological polar surface area (TPSA) is 108 Å². The molecule has 2 aromatic rings. The van der Waals surface area contributed by atoms with Gasteiger partial charge < -0.3 is 21.3 Å². The molecule has 2 aromatic carbocycles. The maximum atomic E-state index is 12.1. The minimum Gasteiger partial charge on any atom is -0.341 e. The summed E-state index contributed by atoms with van der Waals surface area (Å²) >= 11 is 0. The summed E-state index contributed by atoms with van der Waals surface area (Å²) in [6.45, 7) is 5.55. The molecular weight excluding hydrogens is 310 g/mol. The van der Waals surface area contributed by atoms with Crippen molar-refractivity contribution in [2.45, 2.75) is 6.92 Å². The fourth-order valence-electron chi connectivity index (χ4n) is 2.38. The van der Waals surface area contributed by atoms with E-state index in [0.717, 1.165) is 16.9 Å². The Bertz CT molecular complexity index is 863. The van der Waals surface area contributed by atoms with Crippen LogP contribution in [0, 0.1) is 17.0 Å². The van der Waals surface area contributed by atoms with Crippen molar-refractivity contribution in [1.29, 1.82) is 0 Å². The van der Waals surface area contributed by atoms with Crippen molar-refractivity contribution in [2.24, 2.45) is 0 Å². The standard InChI is InChI=1S/C16H15N5O3/c1-9-3-6-15(21(23)24)14(7-9)20-16(22)19-11-4-5-12-13(8-11)18-10(2)17-12/h3-8,17-18H,2H2,1H3,(H2,19,20,22). The van der Waals surface area contributed by atoms with Crippen LogP contribution in [0.15, 0.2) is 48.8 Å². The maximum absolute atomic E-state index is 12.1. The molecule has 8 nitrogen and oxygen atoms in total. The molecule has 122 valence electrons. The number of nitrogens with zero attached hydrogens (tertiary/aromatic N) is 1. The molecule has 2 amide bonds. The largest absolute Gasteiger partial charge is 0.341 e. The number of benzene rings is 2. The lowest BCUT2D eigenvalue weighted by Gasteiger charge is -2.09. The van der Waals surface area contributed by atoms with Crippen LogP contribution in [0.4, 0.5) is 33.2 Å². The number of carbonyl (C=O) groups is 1. The van der Waals surface area contributed by atoms with E-state index in [1.165, 1.54) is 6.07 Å². The number of anilines is 4. The predicted molar refractivity (Wildman–Crippen MR) is 93.3 cm³/mol. The highest BCUT2D eigenvalue weighted by atomic mass is 16.6. The van der Waals surface area contributed by atoms with E-state index in [1.54, 1.807) is 37.3 Å². The smallest absolute Gasteiger partial charge is 0.323 e. The number of urea groups is 1. The Labute approximate surface area is 137 Å². The second-order valence-electron chi connectivity index (χ2n) is 5.35. The Morgan fingerprint density at radius 2 is 1.88 bits per heavy atom. The van der Waals surface area contributed by atoms with Crippen molar-refractivity contribution in [3.05, 3.63) is 64.5 Å². The van der Waals surface area contributed by atoms with Crippen LogP contribution in [-0.2, 0) is 0 Å². The summed E-state index contributed by atoms with van der Waals surface area (Å²) in [5, 5.41) is 22.3. The highest BCUT2D eigenvalue weighted by Crippen LogP contribution is 2.32. The molecule has 1 heterocycles. The van der Waals surface area contributed by atoms with Crippen LogP contribution >= 0.6 is 0 Å². The van der Waals surface area contributed by atoms with Crippen molar-refractivity contribution in [3.8, 4) is 0 Å². The van der Waals surface area contributed by atoms with Crippen molar-refractivity contribution in [1.82, 2.24) is 0 Å². The molecule has 0 unspecified atom stereocenters. The SMILES string of the molecule is C=C1Nc2ccc(NC(=O)Nc3cc(C)ccc3[N+](=O)[O-])cc2N1. The van der Waals surface area contributed by atoms with Crippen LogP contribution in [0.3, 0.4) is 0 Å². The predicted octanol–water partition coefficient (Wildman–Crippen LogP) is 3.86. The monoisotopic (exact) mass is 325 g/mol. The quantitative estimate of drug-likeness (QED) is 0.506. The number of hydrogen-bond donors (Lipinski definition) is 4. The summed E-state index contributed by atoms with van der Waals surface area (Å²) in [5.41, 5.74) is 2.99. The number of amides is 2. The Morgan fingerprint density at radius 1 is 1.12 bits per heavy atom. The third-order valence-corrected chi connectivity index (χ3v) is 3.45. The van der Waals surface area contributed by atoms with E-state index in [1.807, 2.05) is 0 Å². The molecule has 0 saturated carbocycles. The first-order valence-corrected chi connectivity index (χ1v) is 7.12. The zero-order valence-corrected chi connectivity index (χ0v) is 12.8. The van der Waals surface area contributed by atoms with Gasteiger partial charge in [0.1, 0.15) is 11.5 Å². The Kier molecular flexibility index (Phi) is 3.78. The van der Waals surface area contributed by atoms with Gasteiger partial charge in [-0.1, -0.05) is 12.6 Å². The molecule has 0 radical (unpaired) electrons. The molecule has 4 N–H and O–H groups in total. The zero-order chi connectivity index (χ0) is 17.3. The van der Waals surface area contributed by atoms with Gasteiger partial charge in [0, 0.05) is 11.8 Å². The molecule has 0 spiro atoms. The van der Waals surface area contributed by atoms with E-state index in [9.17, 15) is 14.9 Å². The lowest BCUT2D eigenvalue weighted by molar-refractivity contribution is -0.383. The number of hydrogen-bond acceptors (Lipinski definition) is 5. The third-order valence-electron chi connectivity index (χ3n) is 3.45. The van der Waals surface area contributed by atoms with Crippen LogP contribution < -0.4 is 21.3 Å². The summed E-state index contributed by atoms with van der Waals surface area (Å²) in [5.74, 6) is 0.655. The van der Waals surface area contributed by atoms with Gasteiger partial charge in [-0.15, -0.1) is 0 Å². The average Bonchev–Trinajstić information content (AvgIpc) is 2.86. The molecule has 3 rings (SSSR count). The number of nitro benzene ring substituents is 1. The minimum absolute atomic E-state index is 0.145. The Balaban J connectivity index is 1.75. The number of rotatable bonds is 3. The van der Waals surface area contributed by atoms with Gasteiger partial charge in [-0.3, -0.25) is 10.1 Å². The second kappa shape index (κ2) is 5.92.